The number of thioether (sulfide) groups is 1. The first-order valence-corrected chi connectivity index (χ1v) is 9.22. The Hall–Kier alpha value is -3.25. The Labute approximate surface area is 161 Å². The van der Waals surface area contributed by atoms with E-state index >= 15 is 0 Å². The highest BCUT2D eigenvalue weighted by Crippen LogP contribution is 2.30. The first kappa shape index (κ1) is 17.2. The van der Waals surface area contributed by atoms with Crippen LogP contribution in [0.4, 0.5) is 0 Å². The average Bonchev–Trinajstić information content (AvgIpc) is 3.09. The van der Waals surface area contributed by atoms with Gasteiger partial charge in [0.2, 0.25) is 5.17 Å². The molecule has 2 aromatic rings. The number of carbonyl (C=O) groups is 1. The molecular weight excluding hydrogens is 356 g/mol. The molecule has 5 nitrogen and oxygen atoms in total. The zero-order valence-corrected chi connectivity index (χ0v) is 15.4. The Morgan fingerprint density at radius 2 is 1.93 bits per heavy atom. The van der Waals surface area contributed by atoms with Gasteiger partial charge in [0.15, 0.2) is 5.84 Å². The summed E-state index contributed by atoms with van der Waals surface area (Å²) in [5.74, 6) is -0.380. The van der Waals surface area contributed by atoms with Crippen LogP contribution in [0.2, 0.25) is 0 Å². The van der Waals surface area contributed by atoms with E-state index in [0.29, 0.717) is 5.17 Å². The number of nitrogens with one attached hydrogen (secondary N) is 1. The van der Waals surface area contributed by atoms with Crippen molar-refractivity contribution in [3.63, 3.8) is 0 Å². The third-order valence-corrected chi connectivity index (χ3v) is 5.03. The SMILES string of the molecule is Cc1cccc(C2=NN3C(=N)C(=CC=Cc4ccccc4)C(=O)N=C3S2)c1. The van der Waals surface area contributed by atoms with Crippen molar-refractivity contribution in [2.45, 2.75) is 6.92 Å². The summed E-state index contributed by atoms with van der Waals surface area (Å²) in [4.78, 5) is 16.5. The van der Waals surface area contributed by atoms with Crippen molar-refractivity contribution < 1.29 is 4.79 Å². The van der Waals surface area contributed by atoms with Crippen LogP contribution in [0.15, 0.2) is 82.4 Å². The summed E-state index contributed by atoms with van der Waals surface area (Å²) in [5, 5.41) is 15.5. The van der Waals surface area contributed by atoms with Crippen LogP contribution in [0.3, 0.4) is 0 Å². The van der Waals surface area contributed by atoms with E-state index in [1.807, 2.05) is 67.6 Å². The summed E-state index contributed by atoms with van der Waals surface area (Å²) in [6, 6.07) is 17.7. The van der Waals surface area contributed by atoms with Gasteiger partial charge in [-0.25, -0.2) is 0 Å². The highest BCUT2D eigenvalue weighted by Gasteiger charge is 2.35. The number of fused-ring (bicyclic) bond motifs is 1. The van der Waals surface area contributed by atoms with Crippen molar-refractivity contribution in [3.05, 3.63) is 89.0 Å². The minimum absolute atomic E-state index is 0.0397. The van der Waals surface area contributed by atoms with Crippen LogP contribution >= 0.6 is 11.8 Å². The van der Waals surface area contributed by atoms with Crippen LogP contribution in [-0.2, 0) is 4.79 Å². The molecule has 0 bridgehead atoms. The van der Waals surface area contributed by atoms with Crippen LogP contribution in [0.1, 0.15) is 16.7 Å². The summed E-state index contributed by atoms with van der Waals surface area (Å²) in [7, 11) is 0. The molecule has 2 aromatic carbocycles. The molecule has 27 heavy (non-hydrogen) atoms. The maximum absolute atomic E-state index is 12.4. The lowest BCUT2D eigenvalue weighted by molar-refractivity contribution is -0.114. The molecule has 0 aromatic heterocycles. The van der Waals surface area contributed by atoms with Gasteiger partial charge in [-0.2, -0.15) is 15.1 Å². The minimum atomic E-state index is -0.419. The molecule has 132 valence electrons. The lowest BCUT2D eigenvalue weighted by atomic mass is 10.1. The molecule has 0 saturated carbocycles. The Bertz CT molecular complexity index is 1050. The second-order valence-electron chi connectivity index (χ2n) is 6.09. The molecule has 2 heterocycles. The third-order valence-electron chi connectivity index (χ3n) is 4.07. The number of benzene rings is 2. The maximum Gasteiger partial charge on any atom is 0.283 e. The van der Waals surface area contributed by atoms with Crippen LogP contribution in [0.5, 0.6) is 0 Å². The topological polar surface area (TPSA) is 68.9 Å². The fourth-order valence-corrected chi connectivity index (χ4v) is 3.61. The molecule has 0 atom stereocenters. The van der Waals surface area contributed by atoms with Crippen molar-refractivity contribution >= 4 is 39.8 Å². The number of aryl methyl sites for hydroxylation is 1. The van der Waals surface area contributed by atoms with Crippen LogP contribution in [0, 0.1) is 12.3 Å². The van der Waals surface area contributed by atoms with E-state index in [1.54, 1.807) is 12.2 Å². The third kappa shape index (κ3) is 3.52. The predicted molar refractivity (Wildman–Crippen MR) is 111 cm³/mol. The highest BCUT2D eigenvalue weighted by atomic mass is 32.2. The Kier molecular flexibility index (Phi) is 4.56. The number of nitrogens with zero attached hydrogens (tertiary/aromatic N) is 3. The van der Waals surface area contributed by atoms with Crippen LogP contribution in [0.25, 0.3) is 6.08 Å². The molecule has 4 rings (SSSR count). The van der Waals surface area contributed by atoms with Crippen LogP contribution < -0.4 is 0 Å². The molecule has 0 unspecified atom stereocenters. The quantitative estimate of drug-likeness (QED) is 0.820. The number of rotatable bonds is 3. The van der Waals surface area contributed by atoms with Crippen molar-refractivity contribution in [2.75, 3.05) is 0 Å². The number of hydrogen-bond acceptors (Lipinski definition) is 4. The van der Waals surface area contributed by atoms with Crippen molar-refractivity contribution in [1.82, 2.24) is 5.01 Å². The maximum atomic E-state index is 12.4. The van der Waals surface area contributed by atoms with Gasteiger partial charge in [0.25, 0.3) is 5.91 Å². The smallest absolute Gasteiger partial charge is 0.282 e. The van der Waals surface area contributed by atoms with E-state index in [2.05, 4.69) is 10.1 Å². The predicted octanol–water partition coefficient (Wildman–Crippen LogP) is 4.22. The van der Waals surface area contributed by atoms with Gasteiger partial charge < -0.3 is 0 Å². The van der Waals surface area contributed by atoms with Crippen molar-refractivity contribution in [2.24, 2.45) is 10.1 Å². The van der Waals surface area contributed by atoms with Crippen molar-refractivity contribution in [1.29, 1.82) is 5.41 Å². The number of amides is 1. The second kappa shape index (κ2) is 7.17. The number of hydrazone groups is 1. The molecule has 0 spiro atoms. The molecule has 1 amide bonds. The fourth-order valence-electron chi connectivity index (χ4n) is 2.73. The Morgan fingerprint density at radius 1 is 1.11 bits per heavy atom. The molecule has 2 aliphatic rings. The minimum Gasteiger partial charge on any atom is -0.282 e. The summed E-state index contributed by atoms with van der Waals surface area (Å²) >= 11 is 1.31. The summed E-state index contributed by atoms with van der Waals surface area (Å²) in [6.45, 7) is 2.01. The van der Waals surface area contributed by atoms with Gasteiger partial charge >= 0.3 is 0 Å². The molecule has 6 heteroatoms. The number of carbonyl (C=O) groups excluding carboxylic acids is 1. The summed E-state index contributed by atoms with van der Waals surface area (Å²) in [5.41, 5.74) is 3.32. The van der Waals surface area contributed by atoms with Gasteiger partial charge in [0.05, 0.1) is 5.57 Å². The van der Waals surface area contributed by atoms with E-state index in [4.69, 9.17) is 5.41 Å². The Morgan fingerprint density at radius 3 is 2.70 bits per heavy atom. The van der Waals surface area contributed by atoms with Gasteiger partial charge in [-0.3, -0.25) is 10.2 Å². The number of hydrogen-bond donors (Lipinski definition) is 1. The monoisotopic (exact) mass is 372 g/mol. The Balaban J connectivity index is 1.61. The zero-order chi connectivity index (χ0) is 18.8. The molecule has 0 fully saturated rings. The normalized spacial score (nSPS) is 18.1. The van der Waals surface area contributed by atoms with E-state index in [-0.39, 0.29) is 11.4 Å². The van der Waals surface area contributed by atoms with Gasteiger partial charge in [0.1, 0.15) is 5.04 Å². The lowest BCUT2D eigenvalue weighted by Crippen LogP contribution is -2.35. The van der Waals surface area contributed by atoms with Gasteiger partial charge in [-0.05, 0) is 36.4 Å². The first-order valence-electron chi connectivity index (χ1n) is 8.41. The molecule has 2 aliphatic heterocycles. The highest BCUT2D eigenvalue weighted by molar-refractivity contribution is 8.27. The van der Waals surface area contributed by atoms with E-state index in [1.165, 1.54) is 16.8 Å². The van der Waals surface area contributed by atoms with E-state index in [9.17, 15) is 4.79 Å². The number of allylic oxidation sites excluding steroid dienone is 2. The molecule has 0 saturated heterocycles. The van der Waals surface area contributed by atoms with E-state index in [0.717, 1.165) is 21.7 Å². The standard InChI is InChI=1S/C21H16N4OS/c1-14-7-5-11-16(13-14)20-24-25-18(22)17(19(26)23-21(25)27-20)12-6-10-15-8-3-2-4-9-15/h2-13,22H,1H3. The molecule has 0 radical (unpaired) electrons. The van der Waals surface area contributed by atoms with Crippen molar-refractivity contribution in [3.8, 4) is 0 Å². The number of amidine groups is 2. The molecular formula is C21H16N4OS. The fraction of sp³-hybridized carbons (Fsp3) is 0.0476. The molecule has 0 aliphatic carbocycles. The van der Waals surface area contributed by atoms with Gasteiger partial charge in [0, 0.05) is 5.56 Å². The summed E-state index contributed by atoms with van der Waals surface area (Å²) in [6.07, 6.45) is 5.25. The number of aliphatic imine (C=N–C) groups is 1. The van der Waals surface area contributed by atoms with E-state index < -0.39 is 5.91 Å². The lowest BCUT2D eigenvalue weighted by Gasteiger charge is -2.19. The average molecular weight is 372 g/mol. The first-order chi connectivity index (χ1) is 13.1. The second-order valence-corrected chi connectivity index (χ2v) is 7.04. The largest absolute Gasteiger partial charge is 0.283 e. The van der Waals surface area contributed by atoms with Gasteiger partial charge in [-0.15, -0.1) is 0 Å². The molecule has 1 N–H and O–H groups in total. The zero-order valence-electron chi connectivity index (χ0n) is 14.6. The van der Waals surface area contributed by atoms with Gasteiger partial charge in [-0.1, -0.05) is 66.2 Å². The summed E-state index contributed by atoms with van der Waals surface area (Å²) < 4.78 is 0. The van der Waals surface area contributed by atoms with Crippen LogP contribution in [-0.4, -0.2) is 27.0 Å².